The third-order valence-electron chi connectivity index (χ3n) is 2.88. The first kappa shape index (κ1) is 15.0. The number of hydrogen-bond donors (Lipinski definition) is 0. The standard InChI is InChI=1S/C14H20Br2O/c1-10(2)12(15)6-4-5-11-7-8-14(17-3)13(16)9-11/h7-10,12H,4-6H2,1-3H3. The maximum absolute atomic E-state index is 5.22. The fourth-order valence-electron chi connectivity index (χ4n) is 1.70. The van der Waals surface area contributed by atoms with E-state index in [1.807, 2.05) is 6.07 Å². The summed E-state index contributed by atoms with van der Waals surface area (Å²) in [5.41, 5.74) is 1.36. The van der Waals surface area contributed by atoms with Crippen molar-refractivity contribution in [1.29, 1.82) is 0 Å². The number of ether oxygens (including phenoxy) is 1. The van der Waals surface area contributed by atoms with Crippen LogP contribution in [0.2, 0.25) is 0 Å². The van der Waals surface area contributed by atoms with E-state index >= 15 is 0 Å². The van der Waals surface area contributed by atoms with Crippen LogP contribution in [0.15, 0.2) is 22.7 Å². The Labute approximate surface area is 121 Å². The van der Waals surface area contributed by atoms with Gasteiger partial charge in [0.1, 0.15) is 5.75 Å². The molecule has 0 N–H and O–H groups in total. The summed E-state index contributed by atoms with van der Waals surface area (Å²) in [7, 11) is 1.69. The van der Waals surface area contributed by atoms with Crippen LogP contribution in [0.5, 0.6) is 5.75 Å². The smallest absolute Gasteiger partial charge is 0.133 e. The Bertz CT molecular complexity index is 350. The highest BCUT2D eigenvalue weighted by atomic mass is 79.9. The number of hydrogen-bond acceptors (Lipinski definition) is 1. The van der Waals surface area contributed by atoms with Crippen LogP contribution in [0.25, 0.3) is 0 Å². The predicted molar refractivity (Wildman–Crippen MR) is 81.2 cm³/mol. The van der Waals surface area contributed by atoms with Gasteiger partial charge in [0.2, 0.25) is 0 Å². The van der Waals surface area contributed by atoms with Gasteiger partial charge in [0, 0.05) is 4.83 Å². The van der Waals surface area contributed by atoms with E-state index in [-0.39, 0.29) is 0 Å². The molecule has 0 aliphatic rings. The molecule has 0 aliphatic heterocycles. The molecule has 1 aromatic rings. The average molecular weight is 364 g/mol. The van der Waals surface area contributed by atoms with Crippen molar-refractivity contribution in [3.63, 3.8) is 0 Å². The Morgan fingerprint density at radius 1 is 1.29 bits per heavy atom. The summed E-state index contributed by atoms with van der Waals surface area (Å²) < 4.78 is 6.26. The summed E-state index contributed by atoms with van der Waals surface area (Å²) in [6.45, 7) is 4.51. The normalized spacial score (nSPS) is 12.8. The molecule has 1 atom stereocenters. The number of aryl methyl sites for hydroxylation is 1. The highest BCUT2D eigenvalue weighted by Gasteiger charge is 2.08. The Morgan fingerprint density at radius 3 is 2.53 bits per heavy atom. The van der Waals surface area contributed by atoms with E-state index in [1.54, 1.807) is 7.11 Å². The second kappa shape index (κ2) is 7.42. The van der Waals surface area contributed by atoms with Gasteiger partial charge in [0.15, 0.2) is 0 Å². The molecule has 0 heterocycles. The Morgan fingerprint density at radius 2 is 2.00 bits per heavy atom. The molecule has 0 amide bonds. The monoisotopic (exact) mass is 362 g/mol. The van der Waals surface area contributed by atoms with Crippen molar-refractivity contribution >= 4 is 31.9 Å². The van der Waals surface area contributed by atoms with Gasteiger partial charge < -0.3 is 4.74 Å². The molecular weight excluding hydrogens is 344 g/mol. The molecule has 0 fully saturated rings. The van der Waals surface area contributed by atoms with E-state index in [2.05, 4.69) is 57.8 Å². The molecule has 1 rings (SSSR count). The first-order valence-electron chi connectivity index (χ1n) is 6.01. The maximum Gasteiger partial charge on any atom is 0.133 e. The summed E-state index contributed by atoms with van der Waals surface area (Å²) in [6.07, 6.45) is 3.56. The van der Waals surface area contributed by atoms with Gasteiger partial charge in [-0.25, -0.2) is 0 Å². The van der Waals surface area contributed by atoms with Crippen molar-refractivity contribution in [3.8, 4) is 5.75 Å². The van der Waals surface area contributed by atoms with Gasteiger partial charge in [-0.15, -0.1) is 0 Å². The zero-order valence-electron chi connectivity index (χ0n) is 10.7. The van der Waals surface area contributed by atoms with E-state index in [4.69, 9.17) is 4.74 Å². The summed E-state index contributed by atoms with van der Waals surface area (Å²) in [5.74, 6) is 1.60. The first-order valence-corrected chi connectivity index (χ1v) is 7.72. The molecule has 1 aromatic carbocycles. The lowest BCUT2D eigenvalue weighted by Gasteiger charge is -2.13. The van der Waals surface area contributed by atoms with E-state index < -0.39 is 0 Å². The lowest BCUT2D eigenvalue weighted by Crippen LogP contribution is -2.07. The number of methoxy groups -OCH3 is 1. The first-order chi connectivity index (χ1) is 8.04. The van der Waals surface area contributed by atoms with Gasteiger partial charge in [-0.3, -0.25) is 0 Å². The van der Waals surface area contributed by atoms with E-state index in [9.17, 15) is 0 Å². The molecule has 0 spiro atoms. The minimum atomic E-state index is 0.629. The molecule has 3 heteroatoms. The van der Waals surface area contributed by atoms with Crippen LogP contribution in [-0.4, -0.2) is 11.9 Å². The molecule has 0 aromatic heterocycles. The molecule has 1 unspecified atom stereocenters. The van der Waals surface area contributed by atoms with Gasteiger partial charge in [0.25, 0.3) is 0 Å². The van der Waals surface area contributed by atoms with Crippen molar-refractivity contribution in [3.05, 3.63) is 28.2 Å². The molecule has 0 aliphatic carbocycles. The lowest BCUT2D eigenvalue weighted by atomic mass is 10.0. The van der Waals surface area contributed by atoms with Crippen LogP contribution in [0, 0.1) is 5.92 Å². The van der Waals surface area contributed by atoms with Crippen molar-refractivity contribution in [1.82, 2.24) is 0 Å². The third-order valence-corrected chi connectivity index (χ3v) is 5.02. The fraction of sp³-hybridized carbons (Fsp3) is 0.571. The van der Waals surface area contributed by atoms with Crippen molar-refractivity contribution < 1.29 is 4.74 Å². The number of rotatable bonds is 6. The third kappa shape index (κ3) is 5.01. The van der Waals surface area contributed by atoms with Gasteiger partial charge in [-0.05, 0) is 58.8 Å². The molecule has 0 saturated heterocycles. The minimum absolute atomic E-state index is 0.629. The Balaban J connectivity index is 2.45. The van der Waals surface area contributed by atoms with Crippen LogP contribution in [0.3, 0.4) is 0 Å². The molecular formula is C14H20Br2O. The zero-order chi connectivity index (χ0) is 12.8. The van der Waals surface area contributed by atoms with Crippen LogP contribution in [-0.2, 0) is 6.42 Å². The van der Waals surface area contributed by atoms with Gasteiger partial charge in [0.05, 0.1) is 11.6 Å². The van der Waals surface area contributed by atoms with Crippen LogP contribution >= 0.6 is 31.9 Å². The molecule has 0 bridgehead atoms. The topological polar surface area (TPSA) is 9.23 Å². The summed E-state index contributed by atoms with van der Waals surface area (Å²) in [5, 5.41) is 0. The molecule has 0 saturated carbocycles. The molecule has 0 radical (unpaired) electrons. The summed E-state index contributed by atoms with van der Waals surface area (Å²) in [6, 6.07) is 6.31. The predicted octanol–water partition coefficient (Wildman–Crippen LogP) is 5.20. The summed E-state index contributed by atoms with van der Waals surface area (Å²) in [4.78, 5) is 0.629. The Hall–Kier alpha value is -0.0200. The second-order valence-electron chi connectivity index (χ2n) is 4.62. The highest BCUT2D eigenvalue weighted by Crippen LogP contribution is 2.26. The van der Waals surface area contributed by atoms with E-state index in [1.165, 1.54) is 18.4 Å². The second-order valence-corrected chi connectivity index (χ2v) is 6.65. The van der Waals surface area contributed by atoms with Gasteiger partial charge >= 0.3 is 0 Å². The van der Waals surface area contributed by atoms with E-state index in [0.717, 1.165) is 16.6 Å². The molecule has 96 valence electrons. The van der Waals surface area contributed by atoms with Crippen molar-refractivity contribution in [2.75, 3.05) is 7.11 Å². The number of alkyl halides is 1. The quantitative estimate of drug-likeness (QED) is 0.631. The SMILES string of the molecule is COc1ccc(CCCC(Br)C(C)C)cc1Br. The van der Waals surface area contributed by atoms with Gasteiger partial charge in [-0.1, -0.05) is 35.8 Å². The number of halogens is 2. The van der Waals surface area contributed by atoms with Gasteiger partial charge in [-0.2, -0.15) is 0 Å². The fourth-order valence-corrected chi connectivity index (χ4v) is 2.61. The van der Waals surface area contributed by atoms with Crippen LogP contribution in [0.4, 0.5) is 0 Å². The van der Waals surface area contributed by atoms with Crippen LogP contribution in [0.1, 0.15) is 32.3 Å². The minimum Gasteiger partial charge on any atom is -0.496 e. The lowest BCUT2D eigenvalue weighted by molar-refractivity contribution is 0.412. The summed E-state index contributed by atoms with van der Waals surface area (Å²) >= 11 is 7.24. The molecule has 1 nitrogen and oxygen atoms in total. The number of benzene rings is 1. The highest BCUT2D eigenvalue weighted by molar-refractivity contribution is 9.10. The molecule has 17 heavy (non-hydrogen) atoms. The van der Waals surface area contributed by atoms with Crippen molar-refractivity contribution in [2.45, 2.75) is 37.9 Å². The van der Waals surface area contributed by atoms with Crippen LogP contribution < -0.4 is 4.74 Å². The maximum atomic E-state index is 5.22. The average Bonchev–Trinajstić information content (AvgIpc) is 2.29. The van der Waals surface area contributed by atoms with E-state index in [0.29, 0.717) is 10.7 Å². The largest absolute Gasteiger partial charge is 0.496 e. The van der Waals surface area contributed by atoms with Crippen molar-refractivity contribution in [2.24, 2.45) is 5.92 Å². The Kier molecular flexibility index (Phi) is 6.57. The zero-order valence-corrected chi connectivity index (χ0v) is 13.8.